The molecular formula is C13H24N2. The van der Waals surface area contributed by atoms with Crippen LogP contribution in [0.2, 0.25) is 0 Å². The number of piperazine rings is 1. The van der Waals surface area contributed by atoms with Crippen LogP contribution in [0, 0.1) is 11.8 Å². The molecule has 0 N–H and O–H groups in total. The van der Waals surface area contributed by atoms with Crippen LogP contribution in [0.5, 0.6) is 0 Å². The molecule has 1 heterocycles. The molecule has 3 atom stereocenters. The first kappa shape index (κ1) is 10.1. The second kappa shape index (κ2) is 4.06. The van der Waals surface area contributed by atoms with Crippen LogP contribution in [-0.2, 0) is 0 Å². The van der Waals surface area contributed by atoms with E-state index in [0.717, 1.165) is 17.9 Å². The van der Waals surface area contributed by atoms with Gasteiger partial charge in [0.1, 0.15) is 0 Å². The molecule has 15 heavy (non-hydrogen) atoms. The summed E-state index contributed by atoms with van der Waals surface area (Å²) in [6.07, 6.45) is 6.15. The van der Waals surface area contributed by atoms with Gasteiger partial charge in [-0.05, 0) is 37.6 Å². The third-order valence-electron chi connectivity index (χ3n) is 5.02. The Morgan fingerprint density at radius 3 is 2.33 bits per heavy atom. The zero-order valence-electron chi connectivity index (χ0n) is 9.99. The van der Waals surface area contributed by atoms with E-state index in [9.17, 15) is 0 Å². The van der Waals surface area contributed by atoms with Crippen molar-refractivity contribution in [2.45, 2.75) is 38.6 Å². The van der Waals surface area contributed by atoms with Crippen molar-refractivity contribution < 1.29 is 0 Å². The minimum atomic E-state index is 0.975. The van der Waals surface area contributed by atoms with Gasteiger partial charge in [-0.3, -0.25) is 4.90 Å². The lowest BCUT2D eigenvalue weighted by Crippen LogP contribution is -2.51. The standard InChI is InChI=1S/C13H24N2/c1-2-14-5-7-15(8-6-14)13-10-11-3-4-12(13)9-11/h11-13H,2-10H2,1H3/t11-,12-,13+/m0/s1. The molecule has 0 unspecified atom stereocenters. The maximum absolute atomic E-state index is 2.80. The molecule has 1 saturated heterocycles. The lowest BCUT2D eigenvalue weighted by molar-refractivity contribution is 0.0737. The first-order chi connectivity index (χ1) is 7.36. The third-order valence-corrected chi connectivity index (χ3v) is 5.02. The first-order valence-electron chi connectivity index (χ1n) is 6.83. The van der Waals surface area contributed by atoms with E-state index in [1.807, 2.05) is 0 Å². The molecule has 0 aromatic heterocycles. The Balaban J connectivity index is 1.56. The Bertz CT molecular complexity index is 221. The van der Waals surface area contributed by atoms with E-state index < -0.39 is 0 Å². The summed E-state index contributed by atoms with van der Waals surface area (Å²) in [5, 5.41) is 0. The Hall–Kier alpha value is -0.0800. The number of hydrogen-bond acceptors (Lipinski definition) is 2. The van der Waals surface area contributed by atoms with Crippen LogP contribution in [0.25, 0.3) is 0 Å². The zero-order chi connectivity index (χ0) is 10.3. The highest BCUT2D eigenvalue weighted by atomic mass is 15.3. The zero-order valence-corrected chi connectivity index (χ0v) is 9.99. The van der Waals surface area contributed by atoms with Gasteiger partial charge >= 0.3 is 0 Å². The predicted octanol–water partition coefficient (Wildman–Crippen LogP) is 1.81. The fraction of sp³-hybridized carbons (Fsp3) is 1.00. The van der Waals surface area contributed by atoms with E-state index in [1.165, 1.54) is 52.0 Å². The smallest absolute Gasteiger partial charge is 0.0127 e. The fourth-order valence-corrected chi connectivity index (χ4v) is 4.07. The number of nitrogens with zero attached hydrogens (tertiary/aromatic N) is 2. The lowest BCUT2D eigenvalue weighted by atomic mass is 9.93. The van der Waals surface area contributed by atoms with Crippen LogP contribution in [0.4, 0.5) is 0 Å². The molecule has 2 aliphatic carbocycles. The molecule has 86 valence electrons. The minimum absolute atomic E-state index is 0.975. The summed E-state index contributed by atoms with van der Waals surface area (Å²) in [6.45, 7) is 8.82. The molecule has 3 fully saturated rings. The van der Waals surface area contributed by atoms with E-state index in [2.05, 4.69) is 16.7 Å². The van der Waals surface area contributed by atoms with Gasteiger partial charge in [0.2, 0.25) is 0 Å². The Morgan fingerprint density at radius 1 is 1.00 bits per heavy atom. The van der Waals surface area contributed by atoms with Crippen LogP contribution in [0.1, 0.15) is 32.6 Å². The second-order valence-electron chi connectivity index (χ2n) is 5.71. The van der Waals surface area contributed by atoms with E-state index >= 15 is 0 Å². The molecule has 2 nitrogen and oxygen atoms in total. The minimum Gasteiger partial charge on any atom is -0.301 e. The molecule has 0 radical (unpaired) electrons. The molecule has 3 aliphatic rings. The van der Waals surface area contributed by atoms with Crippen molar-refractivity contribution in [2.75, 3.05) is 32.7 Å². The van der Waals surface area contributed by atoms with Gasteiger partial charge in [-0.15, -0.1) is 0 Å². The largest absolute Gasteiger partial charge is 0.301 e. The van der Waals surface area contributed by atoms with Gasteiger partial charge < -0.3 is 4.90 Å². The number of likely N-dealkylation sites (N-methyl/N-ethyl adjacent to an activating group) is 1. The maximum atomic E-state index is 2.80. The SMILES string of the molecule is CCN1CCN([C@@H]2C[C@H]3CC[C@H]2C3)CC1. The van der Waals surface area contributed by atoms with Gasteiger partial charge in [-0.25, -0.2) is 0 Å². The highest BCUT2D eigenvalue weighted by molar-refractivity contribution is 4.96. The average molecular weight is 208 g/mol. The Morgan fingerprint density at radius 2 is 1.80 bits per heavy atom. The van der Waals surface area contributed by atoms with Crippen molar-refractivity contribution in [3.63, 3.8) is 0 Å². The van der Waals surface area contributed by atoms with Crippen molar-refractivity contribution in [1.82, 2.24) is 9.80 Å². The van der Waals surface area contributed by atoms with Crippen LogP contribution in [0.3, 0.4) is 0 Å². The molecule has 3 rings (SSSR count). The second-order valence-corrected chi connectivity index (χ2v) is 5.71. The normalized spacial score (nSPS) is 42.6. The molecule has 2 saturated carbocycles. The van der Waals surface area contributed by atoms with Gasteiger partial charge in [0.15, 0.2) is 0 Å². The number of rotatable bonds is 2. The summed E-state index contributed by atoms with van der Waals surface area (Å²) < 4.78 is 0. The lowest BCUT2D eigenvalue weighted by Gasteiger charge is -2.40. The van der Waals surface area contributed by atoms with E-state index in [0.29, 0.717) is 0 Å². The molecule has 0 spiro atoms. The predicted molar refractivity (Wildman–Crippen MR) is 62.9 cm³/mol. The Kier molecular flexibility index (Phi) is 2.73. The molecule has 2 heteroatoms. The summed E-state index contributed by atoms with van der Waals surface area (Å²) in [7, 11) is 0. The van der Waals surface area contributed by atoms with Crippen LogP contribution in [0.15, 0.2) is 0 Å². The molecule has 1 aliphatic heterocycles. The van der Waals surface area contributed by atoms with Crippen molar-refractivity contribution in [2.24, 2.45) is 11.8 Å². The third kappa shape index (κ3) is 1.83. The van der Waals surface area contributed by atoms with Crippen molar-refractivity contribution in [3.8, 4) is 0 Å². The summed E-state index contributed by atoms with van der Waals surface area (Å²) in [6, 6.07) is 0.975. The molecular weight excluding hydrogens is 184 g/mol. The molecule has 2 bridgehead atoms. The van der Waals surface area contributed by atoms with Gasteiger partial charge in [0.25, 0.3) is 0 Å². The van der Waals surface area contributed by atoms with Crippen molar-refractivity contribution in [1.29, 1.82) is 0 Å². The van der Waals surface area contributed by atoms with Crippen LogP contribution in [-0.4, -0.2) is 48.6 Å². The maximum Gasteiger partial charge on any atom is 0.0127 e. The summed E-state index contributed by atoms with van der Waals surface area (Å²) in [5.74, 6) is 2.17. The molecule has 0 aromatic rings. The fourth-order valence-electron chi connectivity index (χ4n) is 4.07. The molecule has 0 aromatic carbocycles. The highest BCUT2D eigenvalue weighted by Crippen LogP contribution is 2.46. The average Bonchev–Trinajstić information content (AvgIpc) is 2.91. The number of hydrogen-bond donors (Lipinski definition) is 0. The van der Waals surface area contributed by atoms with Crippen LogP contribution < -0.4 is 0 Å². The van der Waals surface area contributed by atoms with Crippen LogP contribution >= 0.6 is 0 Å². The monoisotopic (exact) mass is 208 g/mol. The topological polar surface area (TPSA) is 6.48 Å². The quantitative estimate of drug-likeness (QED) is 0.683. The number of fused-ring (bicyclic) bond motifs is 2. The molecule has 0 amide bonds. The van der Waals surface area contributed by atoms with Gasteiger partial charge in [-0.1, -0.05) is 13.3 Å². The van der Waals surface area contributed by atoms with E-state index in [1.54, 1.807) is 6.42 Å². The first-order valence-corrected chi connectivity index (χ1v) is 6.83. The summed E-state index contributed by atoms with van der Waals surface area (Å²) in [5.41, 5.74) is 0. The summed E-state index contributed by atoms with van der Waals surface area (Å²) >= 11 is 0. The highest BCUT2D eigenvalue weighted by Gasteiger charge is 2.42. The van der Waals surface area contributed by atoms with Gasteiger partial charge in [0.05, 0.1) is 0 Å². The van der Waals surface area contributed by atoms with Crippen molar-refractivity contribution in [3.05, 3.63) is 0 Å². The van der Waals surface area contributed by atoms with Gasteiger partial charge in [-0.2, -0.15) is 0 Å². The summed E-state index contributed by atoms with van der Waals surface area (Å²) in [4.78, 5) is 5.39. The van der Waals surface area contributed by atoms with E-state index in [4.69, 9.17) is 0 Å². The van der Waals surface area contributed by atoms with Crippen molar-refractivity contribution >= 4 is 0 Å². The van der Waals surface area contributed by atoms with E-state index in [-0.39, 0.29) is 0 Å². The van der Waals surface area contributed by atoms with Gasteiger partial charge in [0, 0.05) is 32.2 Å². The Labute approximate surface area is 93.6 Å².